The Kier molecular flexibility index (Phi) is 4.92. The number of benzene rings is 1. The Labute approximate surface area is 127 Å². The molecule has 6 heteroatoms. The quantitative estimate of drug-likeness (QED) is 0.861. The number of carbonyl (C=O) groups is 1. The van der Waals surface area contributed by atoms with Gasteiger partial charge in [-0.15, -0.1) is 0 Å². The number of hydrogen-bond donors (Lipinski definition) is 1. The molecule has 1 aromatic carbocycles. The number of nitriles is 1. The van der Waals surface area contributed by atoms with Gasteiger partial charge in [0.25, 0.3) is 0 Å². The zero-order chi connectivity index (χ0) is 16.1. The largest absolute Gasteiger partial charge is 0.464 e. The summed E-state index contributed by atoms with van der Waals surface area (Å²) in [5, 5.41) is 8.87. The van der Waals surface area contributed by atoms with E-state index in [1.54, 1.807) is 18.2 Å². The van der Waals surface area contributed by atoms with Crippen LogP contribution in [-0.2, 0) is 17.8 Å². The summed E-state index contributed by atoms with van der Waals surface area (Å²) in [4.78, 5) is 16.2. The van der Waals surface area contributed by atoms with Gasteiger partial charge >= 0.3 is 5.97 Å². The number of esters is 1. The number of carbonyl (C=O) groups excluding carboxylic acids is 1. The summed E-state index contributed by atoms with van der Waals surface area (Å²) in [6.07, 6.45) is 0. The maximum absolute atomic E-state index is 13.8. The predicted molar refractivity (Wildman–Crippen MR) is 78.4 cm³/mol. The summed E-state index contributed by atoms with van der Waals surface area (Å²) >= 11 is 0. The van der Waals surface area contributed by atoms with Crippen molar-refractivity contribution in [3.63, 3.8) is 0 Å². The highest BCUT2D eigenvalue weighted by molar-refractivity contribution is 5.87. The molecule has 0 aliphatic carbocycles. The molecule has 0 saturated heterocycles. The van der Waals surface area contributed by atoms with E-state index in [4.69, 9.17) is 5.26 Å². The van der Waals surface area contributed by atoms with Crippen LogP contribution in [0.15, 0.2) is 30.3 Å². The zero-order valence-electron chi connectivity index (χ0n) is 12.4. The molecule has 5 nitrogen and oxygen atoms in total. The van der Waals surface area contributed by atoms with Gasteiger partial charge in [0, 0.05) is 24.3 Å². The smallest absolute Gasteiger partial charge is 0.354 e. The second kappa shape index (κ2) is 6.87. The van der Waals surface area contributed by atoms with E-state index in [0.29, 0.717) is 29.9 Å². The lowest BCUT2D eigenvalue weighted by atomic mass is 10.1. The number of nitrogens with one attached hydrogen (secondary N) is 1. The van der Waals surface area contributed by atoms with Crippen molar-refractivity contribution in [2.45, 2.75) is 13.1 Å². The lowest BCUT2D eigenvalue weighted by Crippen LogP contribution is -2.18. The summed E-state index contributed by atoms with van der Waals surface area (Å²) in [6, 6.07) is 9.71. The molecule has 0 aliphatic heterocycles. The average Bonchev–Trinajstić information content (AvgIpc) is 2.97. The standard InChI is InChI=1S/C16H16FN3O2/c1-20(9-12-7-11(8-18)3-5-14(12)17)10-13-4-6-15(19-13)16(21)22-2/h3-7,19H,9-10H2,1-2H3. The highest BCUT2D eigenvalue weighted by atomic mass is 19.1. The number of nitrogens with zero attached hydrogens (tertiary/aromatic N) is 2. The van der Waals surface area contributed by atoms with Gasteiger partial charge in [-0.1, -0.05) is 0 Å². The fraction of sp³-hybridized carbons (Fsp3) is 0.250. The molecule has 2 aromatic rings. The van der Waals surface area contributed by atoms with Crippen LogP contribution >= 0.6 is 0 Å². The number of methoxy groups -OCH3 is 1. The Bertz CT molecular complexity index is 718. The van der Waals surface area contributed by atoms with E-state index in [0.717, 1.165) is 5.69 Å². The van der Waals surface area contributed by atoms with E-state index in [-0.39, 0.29) is 5.82 Å². The lowest BCUT2D eigenvalue weighted by molar-refractivity contribution is 0.0594. The number of aromatic nitrogens is 1. The van der Waals surface area contributed by atoms with E-state index in [2.05, 4.69) is 9.72 Å². The van der Waals surface area contributed by atoms with Crippen molar-refractivity contribution in [3.8, 4) is 6.07 Å². The fourth-order valence-electron chi connectivity index (χ4n) is 2.16. The normalized spacial score (nSPS) is 10.5. The first-order valence-electron chi connectivity index (χ1n) is 6.66. The number of ether oxygens (including phenoxy) is 1. The van der Waals surface area contributed by atoms with Crippen molar-refractivity contribution in [2.75, 3.05) is 14.2 Å². The van der Waals surface area contributed by atoms with E-state index < -0.39 is 5.97 Å². The van der Waals surface area contributed by atoms with Gasteiger partial charge in [-0.25, -0.2) is 9.18 Å². The molecular weight excluding hydrogens is 285 g/mol. The topological polar surface area (TPSA) is 69.1 Å². The number of H-pyrrole nitrogens is 1. The molecule has 0 spiro atoms. The molecule has 0 unspecified atom stereocenters. The first-order chi connectivity index (χ1) is 10.5. The maximum atomic E-state index is 13.8. The van der Waals surface area contributed by atoms with E-state index >= 15 is 0 Å². The van der Waals surface area contributed by atoms with E-state index in [1.807, 2.05) is 18.0 Å². The number of hydrogen-bond acceptors (Lipinski definition) is 4. The van der Waals surface area contributed by atoms with Crippen LogP contribution in [0.3, 0.4) is 0 Å². The van der Waals surface area contributed by atoms with Gasteiger partial charge in [-0.3, -0.25) is 4.90 Å². The molecule has 0 fully saturated rings. The van der Waals surface area contributed by atoms with Crippen molar-refractivity contribution in [1.82, 2.24) is 9.88 Å². The van der Waals surface area contributed by atoms with E-state index in [1.165, 1.54) is 19.2 Å². The summed E-state index contributed by atoms with van der Waals surface area (Å²) in [7, 11) is 3.15. The van der Waals surface area contributed by atoms with Crippen LogP contribution in [0.5, 0.6) is 0 Å². The van der Waals surface area contributed by atoms with Crippen molar-refractivity contribution in [1.29, 1.82) is 5.26 Å². The second-order valence-electron chi connectivity index (χ2n) is 4.98. The third-order valence-corrected chi connectivity index (χ3v) is 3.21. The molecule has 1 N–H and O–H groups in total. The summed E-state index contributed by atoms with van der Waals surface area (Å²) in [5.74, 6) is -0.769. The molecule has 0 aliphatic rings. The lowest BCUT2D eigenvalue weighted by Gasteiger charge is -2.16. The Hall–Kier alpha value is -2.65. The summed E-state index contributed by atoms with van der Waals surface area (Å²) in [6.45, 7) is 0.862. The van der Waals surface area contributed by atoms with E-state index in [9.17, 15) is 9.18 Å². The van der Waals surface area contributed by atoms with Crippen LogP contribution in [0.4, 0.5) is 4.39 Å². The zero-order valence-corrected chi connectivity index (χ0v) is 12.4. The van der Waals surface area contributed by atoms with Gasteiger partial charge in [0.15, 0.2) is 0 Å². The van der Waals surface area contributed by atoms with Crippen LogP contribution in [-0.4, -0.2) is 30.0 Å². The number of aromatic amines is 1. The van der Waals surface area contributed by atoms with Crippen LogP contribution in [0.1, 0.15) is 27.3 Å². The van der Waals surface area contributed by atoms with Gasteiger partial charge in [0.2, 0.25) is 0 Å². The van der Waals surface area contributed by atoms with Gasteiger partial charge in [-0.05, 0) is 37.4 Å². The molecule has 114 valence electrons. The van der Waals surface area contributed by atoms with Crippen molar-refractivity contribution >= 4 is 5.97 Å². The van der Waals surface area contributed by atoms with Crippen molar-refractivity contribution in [3.05, 3.63) is 58.7 Å². The van der Waals surface area contributed by atoms with Gasteiger partial charge in [-0.2, -0.15) is 5.26 Å². The monoisotopic (exact) mass is 301 g/mol. The van der Waals surface area contributed by atoms with Gasteiger partial charge in [0.05, 0.1) is 18.7 Å². The molecule has 0 atom stereocenters. The second-order valence-corrected chi connectivity index (χ2v) is 4.98. The van der Waals surface area contributed by atoms with Gasteiger partial charge in [0.1, 0.15) is 11.5 Å². The van der Waals surface area contributed by atoms with Crippen molar-refractivity contribution < 1.29 is 13.9 Å². The molecule has 1 heterocycles. The number of halogens is 1. The maximum Gasteiger partial charge on any atom is 0.354 e. The Morgan fingerprint density at radius 1 is 1.36 bits per heavy atom. The third-order valence-electron chi connectivity index (χ3n) is 3.21. The fourth-order valence-corrected chi connectivity index (χ4v) is 2.16. The van der Waals surface area contributed by atoms with Gasteiger partial charge < -0.3 is 9.72 Å². The Morgan fingerprint density at radius 3 is 2.82 bits per heavy atom. The minimum absolute atomic E-state index is 0.340. The van der Waals surface area contributed by atoms with Crippen molar-refractivity contribution in [2.24, 2.45) is 0 Å². The molecule has 0 bridgehead atoms. The first kappa shape index (κ1) is 15.7. The molecular formula is C16H16FN3O2. The molecule has 22 heavy (non-hydrogen) atoms. The third kappa shape index (κ3) is 3.71. The molecule has 1 aromatic heterocycles. The Balaban J connectivity index is 2.04. The minimum Gasteiger partial charge on any atom is -0.464 e. The van der Waals surface area contributed by atoms with Crippen LogP contribution in [0.2, 0.25) is 0 Å². The van der Waals surface area contributed by atoms with Crippen LogP contribution in [0.25, 0.3) is 0 Å². The summed E-state index contributed by atoms with van der Waals surface area (Å²) in [5.41, 5.74) is 2.09. The van der Waals surface area contributed by atoms with Crippen LogP contribution < -0.4 is 0 Å². The predicted octanol–water partition coefficient (Wildman–Crippen LogP) is 2.44. The SMILES string of the molecule is COC(=O)c1ccc(CN(C)Cc2cc(C#N)ccc2F)[nH]1. The number of rotatable bonds is 5. The first-order valence-corrected chi connectivity index (χ1v) is 6.66. The molecule has 2 rings (SSSR count). The molecule has 0 amide bonds. The highest BCUT2D eigenvalue weighted by Gasteiger charge is 2.11. The molecule has 0 saturated carbocycles. The Morgan fingerprint density at radius 2 is 2.14 bits per heavy atom. The minimum atomic E-state index is -0.429. The summed E-state index contributed by atoms with van der Waals surface area (Å²) < 4.78 is 18.4. The molecule has 0 radical (unpaired) electrons. The van der Waals surface area contributed by atoms with Crippen LogP contribution in [0, 0.1) is 17.1 Å². The highest BCUT2D eigenvalue weighted by Crippen LogP contribution is 2.14. The average molecular weight is 301 g/mol.